The number of carbonyl (C=O) groups is 1. The normalized spacial score (nSPS) is 24.1. The Morgan fingerprint density at radius 2 is 1.95 bits per heavy atom. The highest BCUT2D eigenvalue weighted by Gasteiger charge is 2.37. The number of hydrogen-bond acceptors (Lipinski definition) is 4. The van der Waals surface area contributed by atoms with Crippen molar-refractivity contribution in [1.82, 2.24) is 10.2 Å². The van der Waals surface area contributed by atoms with Gasteiger partial charge in [0.25, 0.3) is 0 Å². The van der Waals surface area contributed by atoms with Crippen molar-refractivity contribution in [2.45, 2.75) is 31.3 Å². The molecule has 3 rings (SSSR count). The summed E-state index contributed by atoms with van der Waals surface area (Å²) < 4.78 is 11.0. The van der Waals surface area contributed by atoms with Crippen LogP contribution in [-0.4, -0.2) is 55.8 Å². The van der Waals surface area contributed by atoms with Crippen molar-refractivity contribution in [3.8, 4) is 5.75 Å². The van der Waals surface area contributed by atoms with Gasteiger partial charge in [0.1, 0.15) is 19.0 Å². The minimum Gasteiger partial charge on any atom is -0.491 e. The quantitative estimate of drug-likeness (QED) is 0.808. The first-order valence-corrected chi connectivity index (χ1v) is 8.12. The van der Waals surface area contributed by atoms with E-state index < -0.39 is 0 Å². The molecule has 2 heterocycles. The maximum Gasteiger partial charge on any atom is 0.249 e. The molecule has 0 aromatic heterocycles. The van der Waals surface area contributed by atoms with Crippen LogP contribution in [-0.2, 0) is 9.53 Å². The fourth-order valence-corrected chi connectivity index (χ4v) is 3.36. The average Bonchev–Trinajstić information content (AvgIpc) is 2.81. The molecule has 2 fully saturated rings. The summed E-state index contributed by atoms with van der Waals surface area (Å²) in [4.78, 5) is 14.4. The molecule has 1 aromatic rings. The zero-order valence-corrected chi connectivity index (χ0v) is 12.9. The number of para-hydroxylation sites is 1. The molecule has 0 spiro atoms. The van der Waals surface area contributed by atoms with Crippen molar-refractivity contribution in [2.24, 2.45) is 0 Å². The lowest BCUT2D eigenvalue weighted by molar-refractivity contribution is -0.139. The van der Waals surface area contributed by atoms with Crippen LogP contribution in [0.4, 0.5) is 0 Å². The van der Waals surface area contributed by atoms with Gasteiger partial charge in [-0.2, -0.15) is 0 Å². The summed E-state index contributed by atoms with van der Waals surface area (Å²) in [5.41, 5.74) is 0. The number of nitrogens with zero attached hydrogens (tertiary/aromatic N) is 1. The third kappa shape index (κ3) is 3.78. The molecule has 2 atom stereocenters. The van der Waals surface area contributed by atoms with Crippen LogP contribution in [0.1, 0.15) is 19.3 Å². The Kier molecular flexibility index (Phi) is 5.29. The number of hydrogen-bond donors (Lipinski definition) is 1. The molecule has 1 amide bonds. The number of ether oxygens (including phenoxy) is 2. The number of fused-ring (bicyclic) bond motifs is 2. The highest BCUT2D eigenvalue weighted by molar-refractivity contribution is 5.78. The van der Waals surface area contributed by atoms with E-state index in [0.29, 0.717) is 25.3 Å². The zero-order valence-electron chi connectivity index (χ0n) is 12.9. The van der Waals surface area contributed by atoms with E-state index in [1.807, 2.05) is 30.3 Å². The van der Waals surface area contributed by atoms with Gasteiger partial charge < -0.3 is 19.7 Å². The molecule has 22 heavy (non-hydrogen) atoms. The predicted molar refractivity (Wildman–Crippen MR) is 83.9 cm³/mol. The van der Waals surface area contributed by atoms with Crippen molar-refractivity contribution in [3.63, 3.8) is 0 Å². The lowest BCUT2D eigenvalue weighted by atomic mass is 10.1. The third-order valence-electron chi connectivity index (χ3n) is 4.41. The molecule has 2 unspecified atom stereocenters. The molecule has 0 aliphatic carbocycles. The second-order valence-corrected chi connectivity index (χ2v) is 5.89. The van der Waals surface area contributed by atoms with Gasteiger partial charge in [0.15, 0.2) is 0 Å². The Bertz CT molecular complexity index is 466. The van der Waals surface area contributed by atoms with E-state index in [2.05, 4.69) is 10.2 Å². The SMILES string of the molecule is O=C(COCCOc1ccccc1)N1C2CCNCC1CC2. The predicted octanol–water partition coefficient (Wildman–Crippen LogP) is 1.43. The Labute approximate surface area is 131 Å². The molecule has 1 N–H and O–H groups in total. The first kappa shape index (κ1) is 15.3. The maximum absolute atomic E-state index is 12.4. The highest BCUT2D eigenvalue weighted by atomic mass is 16.5. The molecule has 5 heteroatoms. The van der Waals surface area contributed by atoms with Gasteiger partial charge in [0.05, 0.1) is 6.61 Å². The van der Waals surface area contributed by atoms with Crippen molar-refractivity contribution in [2.75, 3.05) is 32.9 Å². The van der Waals surface area contributed by atoms with Gasteiger partial charge in [0, 0.05) is 18.6 Å². The molecule has 1 aromatic carbocycles. The summed E-state index contributed by atoms with van der Waals surface area (Å²) in [6.07, 6.45) is 3.30. The first-order valence-electron chi connectivity index (χ1n) is 8.12. The van der Waals surface area contributed by atoms with E-state index in [1.54, 1.807) is 0 Å². The largest absolute Gasteiger partial charge is 0.491 e. The number of carbonyl (C=O) groups excluding carboxylic acids is 1. The van der Waals surface area contributed by atoms with E-state index >= 15 is 0 Å². The average molecular weight is 304 g/mol. The van der Waals surface area contributed by atoms with Crippen molar-refractivity contribution in [1.29, 1.82) is 0 Å². The third-order valence-corrected chi connectivity index (χ3v) is 4.41. The summed E-state index contributed by atoms with van der Waals surface area (Å²) in [6.45, 7) is 2.98. The van der Waals surface area contributed by atoms with Crippen LogP contribution in [0.15, 0.2) is 30.3 Å². The number of amides is 1. The summed E-state index contributed by atoms with van der Waals surface area (Å²) >= 11 is 0. The standard InChI is InChI=1S/C17H24N2O3/c20-17(19-14-6-7-15(19)12-18-9-8-14)13-21-10-11-22-16-4-2-1-3-5-16/h1-5,14-15,18H,6-13H2. The van der Waals surface area contributed by atoms with E-state index in [1.165, 1.54) is 0 Å². The van der Waals surface area contributed by atoms with Crippen LogP contribution < -0.4 is 10.1 Å². The van der Waals surface area contributed by atoms with E-state index in [4.69, 9.17) is 9.47 Å². The van der Waals surface area contributed by atoms with Gasteiger partial charge in [0.2, 0.25) is 5.91 Å². The molecular formula is C17H24N2O3. The van der Waals surface area contributed by atoms with Crippen LogP contribution in [0.5, 0.6) is 5.75 Å². The monoisotopic (exact) mass is 304 g/mol. The lowest BCUT2D eigenvalue weighted by Crippen LogP contribution is -2.44. The summed E-state index contributed by atoms with van der Waals surface area (Å²) in [5, 5.41) is 3.40. The zero-order chi connectivity index (χ0) is 15.2. The number of rotatable bonds is 6. The molecule has 0 saturated carbocycles. The van der Waals surface area contributed by atoms with Gasteiger partial charge in [-0.3, -0.25) is 4.79 Å². The minimum absolute atomic E-state index is 0.121. The second kappa shape index (κ2) is 7.61. The van der Waals surface area contributed by atoms with Gasteiger partial charge in [-0.1, -0.05) is 18.2 Å². The summed E-state index contributed by atoms with van der Waals surface area (Å²) in [5.74, 6) is 0.949. The fraction of sp³-hybridized carbons (Fsp3) is 0.588. The maximum atomic E-state index is 12.4. The topological polar surface area (TPSA) is 50.8 Å². The van der Waals surface area contributed by atoms with Crippen molar-refractivity contribution in [3.05, 3.63) is 30.3 Å². The smallest absolute Gasteiger partial charge is 0.249 e. The Morgan fingerprint density at radius 3 is 2.82 bits per heavy atom. The molecule has 2 aliphatic heterocycles. The minimum atomic E-state index is 0.121. The molecular weight excluding hydrogens is 280 g/mol. The van der Waals surface area contributed by atoms with Gasteiger partial charge in [-0.25, -0.2) is 0 Å². The highest BCUT2D eigenvalue weighted by Crippen LogP contribution is 2.27. The number of benzene rings is 1. The first-order chi connectivity index (χ1) is 10.8. The van der Waals surface area contributed by atoms with Gasteiger partial charge >= 0.3 is 0 Å². The molecule has 2 aliphatic rings. The molecule has 120 valence electrons. The second-order valence-electron chi connectivity index (χ2n) is 5.89. The van der Waals surface area contributed by atoms with Crippen LogP contribution in [0.25, 0.3) is 0 Å². The van der Waals surface area contributed by atoms with Crippen LogP contribution >= 0.6 is 0 Å². The van der Waals surface area contributed by atoms with Crippen molar-refractivity contribution < 1.29 is 14.3 Å². The fourth-order valence-electron chi connectivity index (χ4n) is 3.36. The van der Waals surface area contributed by atoms with Crippen molar-refractivity contribution >= 4 is 5.91 Å². The van der Waals surface area contributed by atoms with E-state index in [0.717, 1.165) is 38.1 Å². The molecule has 0 radical (unpaired) electrons. The van der Waals surface area contributed by atoms with Gasteiger partial charge in [-0.05, 0) is 37.9 Å². The number of nitrogens with one attached hydrogen (secondary N) is 1. The summed E-state index contributed by atoms with van der Waals surface area (Å²) in [7, 11) is 0. The van der Waals surface area contributed by atoms with Crippen LogP contribution in [0, 0.1) is 0 Å². The summed E-state index contributed by atoms with van der Waals surface area (Å²) in [6, 6.07) is 10.4. The lowest BCUT2D eigenvalue weighted by Gasteiger charge is -2.27. The Hall–Kier alpha value is -1.59. The molecule has 5 nitrogen and oxygen atoms in total. The molecule has 2 saturated heterocycles. The van der Waals surface area contributed by atoms with E-state index in [9.17, 15) is 4.79 Å². The Balaban J connectivity index is 1.37. The van der Waals surface area contributed by atoms with Gasteiger partial charge in [-0.15, -0.1) is 0 Å². The Morgan fingerprint density at radius 1 is 1.14 bits per heavy atom. The van der Waals surface area contributed by atoms with E-state index in [-0.39, 0.29) is 12.5 Å². The molecule has 2 bridgehead atoms. The van der Waals surface area contributed by atoms with Crippen LogP contribution in [0.2, 0.25) is 0 Å². The van der Waals surface area contributed by atoms with Crippen LogP contribution in [0.3, 0.4) is 0 Å².